The average molecular weight is 401 g/mol. The van der Waals surface area contributed by atoms with Crippen molar-refractivity contribution in [3.8, 4) is 11.5 Å². The first-order valence-corrected chi connectivity index (χ1v) is 8.68. The van der Waals surface area contributed by atoms with E-state index >= 15 is 0 Å². The van der Waals surface area contributed by atoms with Crippen LogP contribution >= 0.6 is 23.2 Å². The van der Waals surface area contributed by atoms with Crippen LogP contribution in [0.3, 0.4) is 0 Å². The Balaban J connectivity index is 1.75. The van der Waals surface area contributed by atoms with Crippen molar-refractivity contribution in [3.05, 3.63) is 88.4 Å². The molecule has 0 aromatic heterocycles. The summed E-state index contributed by atoms with van der Waals surface area (Å²) in [6.45, 7) is 0. The molecule has 7 heteroatoms. The van der Waals surface area contributed by atoms with Crippen LogP contribution in [0, 0.1) is 0 Å². The highest BCUT2D eigenvalue weighted by molar-refractivity contribution is 6.34. The van der Waals surface area contributed by atoms with Crippen LogP contribution in [0.1, 0.15) is 10.4 Å². The zero-order chi connectivity index (χ0) is 19.2. The standard InChI is InChI=1S/C20H14Cl2N2O3/c21-13-9-11-14(12-10-13)23-20(26)24-19(25)18-16(22)7-4-8-17(18)27-15-5-2-1-3-6-15/h1-12H,(H2,23,24,25,26). The molecule has 27 heavy (non-hydrogen) atoms. The number of rotatable bonds is 4. The predicted molar refractivity (Wildman–Crippen MR) is 106 cm³/mol. The first kappa shape index (κ1) is 18.8. The van der Waals surface area contributed by atoms with Crippen molar-refractivity contribution in [1.29, 1.82) is 0 Å². The van der Waals surface area contributed by atoms with E-state index in [4.69, 9.17) is 27.9 Å². The lowest BCUT2D eigenvalue weighted by Crippen LogP contribution is -2.34. The van der Waals surface area contributed by atoms with Crippen LogP contribution < -0.4 is 15.4 Å². The van der Waals surface area contributed by atoms with Gasteiger partial charge < -0.3 is 10.1 Å². The van der Waals surface area contributed by atoms with E-state index in [1.807, 2.05) is 6.07 Å². The molecule has 2 N–H and O–H groups in total. The van der Waals surface area contributed by atoms with Gasteiger partial charge in [0.1, 0.15) is 17.1 Å². The summed E-state index contributed by atoms with van der Waals surface area (Å²) in [6.07, 6.45) is 0. The van der Waals surface area contributed by atoms with E-state index in [2.05, 4.69) is 10.6 Å². The Labute approximate surface area is 165 Å². The molecule has 0 radical (unpaired) electrons. The Bertz CT molecular complexity index is 961. The zero-order valence-electron chi connectivity index (χ0n) is 13.9. The number of carbonyl (C=O) groups is 2. The molecule has 0 heterocycles. The Kier molecular flexibility index (Phi) is 5.96. The number of para-hydroxylation sites is 1. The van der Waals surface area contributed by atoms with Gasteiger partial charge in [-0.2, -0.15) is 0 Å². The number of nitrogens with one attached hydrogen (secondary N) is 2. The van der Waals surface area contributed by atoms with Gasteiger partial charge in [-0.05, 0) is 48.5 Å². The summed E-state index contributed by atoms with van der Waals surface area (Å²) in [6, 6.07) is 19.5. The molecule has 5 nitrogen and oxygen atoms in total. The maximum absolute atomic E-state index is 12.6. The monoisotopic (exact) mass is 400 g/mol. The number of hydrogen-bond donors (Lipinski definition) is 2. The SMILES string of the molecule is O=C(NC(=O)c1c(Cl)cccc1Oc1ccccc1)Nc1ccc(Cl)cc1. The predicted octanol–water partition coefficient (Wildman–Crippen LogP) is 5.75. The van der Waals surface area contributed by atoms with Crippen LogP contribution in [0.5, 0.6) is 11.5 Å². The molecular formula is C20H14Cl2N2O3. The Morgan fingerprint density at radius 1 is 0.815 bits per heavy atom. The van der Waals surface area contributed by atoms with Crippen molar-refractivity contribution in [2.45, 2.75) is 0 Å². The van der Waals surface area contributed by atoms with Crippen LogP contribution in [-0.2, 0) is 0 Å². The molecule has 3 aromatic carbocycles. The molecule has 0 aliphatic heterocycles. The Morgan fingerprint density at radius 2 is 1.52 bits per heavy atom. The van der Waals surface area contributed by atoms with Gasteiger partial charge in [-0.25, -0.2) is 4.79 Å². The molecule has 0 saturated heterocycles. The van der Waals surface area contributed by atoms with Crippen LogP contribution in [-0.4, -0.2) is 11.9 Å². The highest BCUT2D eigenvalue weighted by atomic mass is 35.5. The molecule has 3 rings (SSSR count). The number of hydrogen-bond acceptors (Lipinski definition) is 3. The minimum Gasteiger partial charge on any atom is -0.456 e. The fourth-order valence-corrected chi connectivity index (χ4v) is 2.66. The molecule has 3 aromatic rings. The lowest BCUT2D eigenvalue weighted by atomic mass is 10.2. The quantitative estimate of drug-likeness (QED) is 0.585. The molecule has 136 valence electrons. The third kappa shape index (κ3) is 5.00. The normalized spacial score (nSPS) is 10.1. The molecule has 0 bridgehead atoms. The van der Waals surface area contributed by atoms with Crippen molar-refractivity contribution < 1.29 is 14.3 Å². The van der Waals surface area contributed by atoms with Crippen molar-refractivity contribution in [2.75, 3.05) is 5.32 Å². The lowest BCUT2D eigenvalue weighted by molar-refractivity contribution is 0.0965. The molecule has 0 unspecified atom stereocenters. The van der Waals surface area contributed by atoms with Crippen LogP contribution in [0.4, 0.5) is 10.5 Å². The fourth-order valence-electron chi connectivity index (χ4n) is 2.29. The van der Waals surface area contributed by atoms with E-state index < -0.39 is 11.9 Å². The lowest BCUT2D eigenvalue weighted by Gasteiger charge is -2.13. The highest BCUT2D eigenvalue weighted by Crippen LogP contribution is 2.30. The number of imide groups is 1. The number of urea groups is 1. The van der Waals surface area contributed by atoms with E-state index in [0.29, 0.717) is 16.5 Å². The topological polar surface area (TPSA) is 67.4 Å². The van der Waals surface area contributed by atoms with E-state index in [1.165, 1.54) is 0 Å². The smallest absolute Gasteiger partial charge is 0.326 e. The van der Waals surface area contributed by atoms with Crippen LogP contribution in [0.2, 0.25) is 10.0 Å². The number of carbonyl (C=O) groups excluding carboxylic acids is 2. The number of benzene rings is 3. The molecule has 0 atom stereocenters. The largest absolute Gasteiger partial charge is 0.456 e. The molecule has 0 fully saturated rings. The molecule has 3 amide bonds. The molecule has 0 spiro atoms. The molecule has 0 saturated carbocycles. The second-order valence-electron chi connectivity index (χ2n) is 5.44. The Hall–Kier alpha value is -3.02. The zero-order valence-corrected chi connectivity index (χ0v) is 15.4. The van der Waals surface area contributed by atoms with E-state index in [9.17, 15) is 9.59 Å². The number of anilines is 1. The highest BCUT2D eigenvalue weighted by Gasteiger charge is 2.19. The summed E-state index contributed by atoms with van der Waals surface area (Å²) in [7, 11) is 0. The number of ether oxygens (including phenoxy) is 1. The first-order chi connectivity index (χ1) is 13.0. The summed E-state index contributed by atoms with van der Waals surface area (Å²) in [5.74, 6) is 0.0999. The number of halogens is 2. The van der Waals surface area contributed by atoms with Crippen molar-refractivity contribution in [2.24, 2.45) is 0 Å². The molecule has 0 aliphatic carbocycles. The van der Waals surface area contributed by atoms with E-state index in [1.54, 1.807) is 66.7 Å². The summed E-state index contributed by atoms with van der Waals surface area (Å²) in [4.78, 5) is 24.7. The Morgan fingerprint density at radius 3 is 2.22 bits per heavy atom. The maximum atomic E-state index is 12.6. The molecule has 0 aliphatic rings. The van der Waals surface area contributed by atoms with Gasteiger partial charge in [-0.3, -0.25) is 10.1 Å². The summed E-state index contributed by atoms with van der Waals surface area (Å²) in [5.41, 5.74) is 0.555. The summed E-state index contributed by atoms with van der Waals surface area (Å²) >= 11 is 12.0. The van der Waals surface area contributed by atoms with Gasteiger partial charge in [-0.15, -0.1) is 0 Å². The fraction of sp³-hybridized carbons (Fsp3) is 0. The third-order valence-electron chi connectivity index (χ3n) is 3.50. The van der Waals surface area contributed by atoms with Gasteiger partial charge in [-0.1, -0.05) is 47.5 Å². The van der Waals surface area contributed by atoms with Crippen LogP contribution in [0.15, 0.2) is 72.8 Å². The maximum Gasteiger partial charge on any atom is 0.326 e. The third-order valence-corrected chi connectivity index (χ3v) is 4.07. The van der Waals surface area contributed by atoms with Crippen molar-refractivity contribution >= 4 is 40.8 Å². The van der Waals surface area contributed by atoms with Gasteiger partial charge >= 0.3 is 6.03 Å². The van der Waals surface area contributed by atoms with E-state index in [-0.39, 0.29) is 16.3 Å². The first-order valence-electron chi connectivity index (χ1n) is 7.92. The average Bonchev–Trinajstić information content (AvgIpc) is 2.64. The summed E-state index contributed by atoms with van der Waals surface area (Å²) < 4.78 is 5.73. The van der Waals surface area contributed by atoms with Crippen LogP contribution in [0.25, 0.3) is 0 Å². The van der Waals surface area contributed by atoms with Gasteiger partial charge in [0.2, 0.25) is 0 Å². The number of amides is 3. The van der Waals surface area contributed by atoms with Gasteiger partial charge in [0.05, 0.1) is 5.02 Å². The summed E-state index contributed by atoms with van der Waals surface area (Å²) in [5, 5.41) is 5.49. The van der Waals surface area contributed by atoms with Crippen molar-refractivity contribution in [1.82, 2.24) is 5.32 Å². The van der Waals surface area contributed by atoms with Gasteiger partial charge in [0.15, 0.2) is 0 Å². The second kappa shape index (κ2) is 8.58. The second-order valence-corrected chi connectivity index (χ2v) is 6.29. The minimum absolute atomic E-state index is 0.0641. The minimum atomic E-state index is -0.701. The van der Waals surface area contributed by atoms with Crippen molar-refractivity contribution in [3.63, 3.8) is 0 Å². The van der Waals surface area contributed by atoms with Gasteiger partial charge in [0, 0.05) is 10.7 Å². The van der Waals surface area contributed by atoms with E-state index in [0.717, 1.165) is 0 Å². The molecular weight excluding hydrogens is 387 g/mol. The van der Waals surface area contributed by atoms with Gasteiger partial charge in [0.25, 0.3) is 5.91 Å².